The van der Waals surface area contributed by atoms with Crippen LogP contribution in [0.1, 0.15) is 94.9 Å². The van der Waals surface area contributed by atoms with Gasteiger partial charge in [-0.3, -0.25) is 19.2 Å². The Morgan fingerprint density at radius 1 is 0.824 bits per heavy atom. The van der Waals surface area contributed by atoms with Crippen LogP contribution in [0.15, 0.2) is 24.5 Å². The fraction of sp³-hybridized carbons (Fsp3) is 0.588. The number of esters is 2. The van der Waals surface area contributed by atoms with E-state index in [0.717, 1.165) is 37.8 Å². The van der Waals surface area contributed by atoms with E-state index in [0.29, 0.717) is 0 Å². The summed E-state index contributed by atoms with van der Waals surface area (Å²) in [6, 6.07) is 2.19. The predicted molar refractivity (Wildman–Crippen MR) is 207 cm³/mol. The first-order valence-electron chi connectivity index (χ1n) is 15.0. The van der Waals surface area contributed by atoms with Crippen LogP contribution < -0.4 is 11.1 Å². The minimum atomic E-state index is -0.886. The lowest BCUT2D eigenvalue weighted by molar-refractivity contribution is -0.160. The molecule has 0 unspecified atom stereocenters. The van der Waals surface area contributed by atoms with E-state index in [1.54, 1.807) is 41.5 Å². The van der Waals surface area contributed by atoms with Crippen molar-refractivity contribution >= 4 is 85.6 Å². The second-order valence-electron chi connectivity index (χ2n) is 13.3. The standard InChI is InChI=1S/C16H20ClFN2O3.C11H18O4.C5H4ClFN2.2CH4.2H2S/c1-16(2,3)23-13(21)7-11(9-4-5-9)15(22)20-14-12(18)6-10(17)8-19-14;1-11(2,3)15-9(12)6-8(10(13)14)7-4-5-7;6-3-1-4(7)5(8)9-2-3;;;;/h6,8-9,11H,4-5,7H2,1-3H3,(H,19,20,22);7-8H,4-6H2,1-3H3,(H,13,14);1-2H,(H2,8,9);2*1H4;2*1H2/t11-;8-;;;;;/m00...../s1. The van der Waals surface area contributed by atoms with Gasteiger partial charge in [-0.2, -0.15) is 27.0 Å². The van der Waals surface area contributed by atoms with Crippen molar-refractivity contribution in [1.29, 1.82) is 0 Å². The van der Waals surface area contributed by atoms with Crippen LogP contribution in [-0.2, 0) is 28.7 Å². The molecule has 1 amide bonds. The molecule has 2 fully saturated rings. The van der Waals surface area contributed by atoms with Crippen molar-refractivity contribution in [2.75, 3.05) is 11.1 Å². The number of pyridine rings is 2. The molecule has 2 aromatic rings. The molecule has 2 aliphatic rings. The van der Waals surface area contributed by atoms with Gasteiger partial charge in [-0.05, 0) is 91.2 Å². The van der Waals surface area contributed by atoms with E-state index in [-0.39, 0.29) is 88.2 Å². The number of nitrogens with two attached hydrogens (primary N) is 1. The summed E-state index contributed by atoms with van der Waals surface area (Å²) in [7, 11) is 0. The predicted octanol–water partition coefficient (Wildman–Crippen LogP) is 8.35. The molecule has 2 aromatic heterocycles. The number of hydrogen-bond donors (Lipinski definition) is 3. The topological polar surface area (TPSA) is 171 Å². The van der Waals surface area contributed by atoms with Gasteiger partial charge < -0.3 is 25.6 Å². The lowest BCUT2D eigenvalue weighted by Gasteiger charge is -2.22. The molecule has 0 saturated heterocycles. The number of aromatic nitrogens is 2. The molecular formula is C34H54Cl2F2N4O7S2. The zero-order chi connectivity index (χ0) is 35.7. The molecule has 0 radical (unpaired) electrons. The average Bonchev–Trinajstić information content (AvgIpc) is 3.83. The molecule has 0 aliphatic heterocycles. The van der Waals surface area contributed by atoms with Crippen molar-refractivity contribution in [2.45, 2.75) is 106 Å². The summed E-state index contributed by atoms with van der Waals surface area (Å²) >= 11 is 11.0. The fourth-order valence-corrected chi connectivity index (χ4v) is 4.48. The molecule has 4 rings (SSSR count). The van der Waals surface area contributed by atoms with Gasteiger partial charge in [0.2, 0.25) is 5.91 Å². The summed E-state index contributed by atoms with van der Waals surface area (Å²) in [4.78, 5) is 53.8. The molecule has 11 nitrogen and oxygen atoms in total. The van der Waals surface area contributed by atoms with E-state index in [1.807, 2.05) is 0 Å². The Labute approximate surface area is 324 Å². The van der Waals surface area contributed by atoms with E-state index in [9.17, 15) is 28.0 Å². The number of nitrogens with one attached hydrogen (secondary N) is 1. The Hall–Kier alpha value is -2.88. The van der Waals surface area contributed by atoms with Gasteiger partial charge in [-0.25, -0.2) is 18.7 Å². The number of carbonyl (C=O) groups excluding carboxylic acids is 3. The van der Waals surface area contributed by atoms with Crippen LogP contribution in [0.25, 0.3) is 0 Å². The minimum Gasteiger partial charge on any atom is -0.481 e. The van der Waals surface area contributed by atoms with Gasteiger partial charge >= 0.3 is 17.9 Å². The first-order valence-corrected chi connectivity index (χ1v) is 15.8. The number of anilines is 2. The zero-order valence-electron chi connectivity index (χ0n) is 28.2. The quantitative estimate of drug-likeness (QED) is 0.209. The summed E-state index contributed by atoms with van der Waals surface area (Å²) in [5, 5.41) is 11.8. The number of ether oxygens (including phenoxy) is 2. The lowest BCUT2D eigenvalue weighted by Crippen LogP contribution is -2.31. The number of nitrogen functional groups attached to an aromatic ring is 1. The normalized spacial score (nSPS) is 14.2. The SMILES string of the molecule is C.C.CC(C)(C)OC(=O)C[C@H](C(=O)Nc1ncc(Cl)cc1F)C1CC1.CC(C)(C)OC(=O)C[C@H](C(=O)O)C1CC1.Nc1ncc(Cl)cc1F.S.S. The fourth-order valence-electron chi connectivity index (χ4n) is 4.19. The molecular weight excluding hydrogens is 749 g/mol. The third-order valence-electron chi connectivity index (χ3n) is 6.53. The highest BCUT2D eigenvalue weighted by Crippen LogP contribution is 2.40. The van der Waals surface area contributed by atoms with Crippen molar-refractivity contribution < 1.29 is 42.5 Å². The van der Waals surface area contributed by atoms with Gasteiger partial charge in [0.25, 0.3) is 0 Å². The Morgan fingerprint density at radius 3 is 1.57 bits per heavy atom. The maximum absolute atomic E-state index is 13.7. The number of carboxylic acids is 1. The molecule has 2 saturated carbocycles. The lowest BCUT2D eigenvalue weighted by atomic mass is 9.98. The van der Waals surface area contributed by atoms with Crippen LogP contribution >= 0.6 is 50.2 Å². The summed E-state index contributed by atoms with van der Waals surface area (Å²) in [6.45, 7) is 10.6. The third kappa shape index (κ3) is 21.3. The summed E-state index contributed by atoms with van der Waals surface area (Å²) in [5.74, 6) is -4.56. The Kier molecular flexibility index (Phi) is 23.6. The first kappa shape index (κ1) is 52.5. The van der Waals surface area contributed by atoms with E-state index in [2.05, 4.69) is 15.3 Å². The molecule has 2 atom stereocenters. The Morgan fingerprint density at radius 2 is 1.22 bits per heavy atom. The smallest absolute Gasteiger partial charge is 0.307 e. The van der Waals surface area contributed by atoms with Gasteiger partial charge in [-0.1, -0.05) is 38.1 Å². The number of amides is 1. The Balaban J connectivity index is -0.000000714. The van der Waals surface area contributed by atoms with E-state index < -0.39 is 58.5 Å². The van der Waals surface area contributed by atoms with E-state index in [4.69, 9.17) is 43.5 Å². The summed E-state index contributed by atoms with van der Waals surface area (Å²) < 4.78 is 36.4. The molecule has 2 heterocycles. The highest BCUT2D eigenvalue weighted by atomic mass is 35.5. The summed E-state index contributed by atoms with van der Waals surface area (Å²) in [5.41, 5.74) is 3.90. The van der Waals surface area contributed by atoms with Crippen LogP contribution in [0.4, 0.5) is 20.4 Å². The monoisotopic (exact) mass is 802 g/mol. The maximum Gasteiger partial charge on any atom is 0.307 e. The second kappa shape index (κ2) is 22.9. The number of hydrogen-bond acceptors (Lipinski definition) is 9. The largest absolute Gasteiger partial charge is 0.481 e. The van der Waals surface area contributed by atoms with Gasteiger partial charge in [0.05, 0.1) is 34.7 Å². The molecule has 0 bridgehead atoms. The summed E-state index contributed by atoms with van der Waals surface area (Å²) in [6.07, 6.45) is 6.09. The number of rotatable bonds is 9. The highest BCUT2D eigenvalue weighted by molar-refractivity contribution is 7.59. The molecule has 4 N–H and O–H groups in total. The van der Waals surface area contributed by atoms with Crippen LogP contribution in [0.5, 0.6) is 0 Å². The van der Waals surface area contributed by atoms with Crippen LogP contribution in [0, 0.1) is 35.3 Å². The first-order chi connectivity index (χ1) is 21.6. The highest BCUT2D eigenvalue weighted by Gasteiger charge is 2.39. The van der Waals surface area contributed by atoms with Crippen molar-refractivity contribution in [3.8, 4) is 0 Å². The van der Waals surface area contributed by atoms with E-state index >= 15 is 0 Å². The van der Waals surface area contributed by atoms with Crippen LogP contribution in [0.2, 0.25) is 10.0 Å². The third-order valence-corrected chi connectivity index (χ3v) is 6.95. The molecule has 0 aromatic carbocycles. The van der Waals surface area contributed by atoms with Crippen LogP contribution in [-0.4, -0.2) is 50.1 Å². The number of nitrogens with zero attached hydrogens (tertiary/aromatic N) is 2. The van der Waals surface area contributed by atoms with Crippen molar-refractivity contribution in [3.05, 3.63) is 46.2 Å². The van der Waals surface area contributed by atoms with Gasteiger partial charge in [-0.15, -0.1) is 0 Å². The molecule has 51 heavy (non-hydrogen) atoms. The second-order valence-corrected chi connectivity index (χ2v) is 14.2. The van der Waals surface area contributed by atoms with Gasteiger partial charge in [0.15, 0.2) is 23.3 Å². The average molecular weight is 804 g/mol. The number of halogens is 4. The number of carboxylic acid groups (broad SMARTS) is 1. The van der Waals surface area contributed by atoms with E-state index in [1.165, 1.54) is 12.4 Å². The molecule has 292 valence electrons. The molecule has 2 aliphatic carbocycles. The zero-order valence-corrected chi connectivity index (χ0v) is 31.8. The van der Waals surface area contributed by atoms with Crippen molar-refractivity contribution in [3.63, 3.8) is 0 Å². The Bertz CT molecular complexity index is 1440. The number of aliphatic carboxylic acids is 1. The minimum absolute atomic E-state index is 0. The molecule has 17 heteroatoms. The van der Waals surface area contributed by atoms with Gasteiger partial charge in [0.1, 0.15) is 11.2 Å². The number of carbonyl (C=O) groups is 4. The maximum atomic E-state index is 13.7. The van der Waals surface area contributed by atoms with Crippen molar-refractivity contribution in [2.24, 2.45) is 23.7 Å². The molecule has 0 spiro atoms. The van der Waals surface area contributed by atoms with Crippen LogP contribution in [0.3, 0.4) is 0 Å². The van der Waals surface area contributed by atoms with Crippen molar-refractivity contribution in [1.82, 2.24) is 9.97 Å². The van der Waals surface area contributed by atoms with Gasteiger partial charge in [0, 0.05) is 12.4 Å².